The molecule has 1 aliphatic heterocycles. The zero-order valence-electron chi connectivity index (χ0n) is 14.6. The fraction of sp³-hybridized carbons (Fsp3) is 0.938. The minimum Gasteiger partial charge on any atom is -0.444 e. The van der Waals surface area contributed by atoms with Gasteiger partial charge in [-0.15, -0.1) is 0 Å². The maximum atomic E-state index is 12.2. The highest BCUT2D eigenvalue weighted by Gasteiger charge is 2.31. The van der Waals surface area contributed by atoms with Gasteiger partial charge in [0.25, 0.3) is 0 Å². The fourth-order valence-corrected chi connectivity index (χ4v) is 2.39. The number of nitrogens with one attached hydrogen (secondary N) is 1. The molecule has 5 heteroatoms. The third kappa shape index (κ3) is 6.66. The molecule has 5 nitrogen and oxygen atoms in total. The SMILES string of the molecule is CC(C)N(C)CCNCC1CCCN1C(=O)OC(C)(C)C. The average Bonchev–Trinajstić information content (AvgIpc) is 2.80. The Morgan fingerprint density at radius 2 is 2.10 bits per heavy atom. The number of ether oxygens (including phenoxy) is 1. The number of nitrogens with zero attached hydrogens (tertiary/aromatic N) is 2. The van der Waals surface area contributed by atoms with Crippen molar-refractivity contribution in [3.05, 3.63) is 0 Å². The van der Waals surface area contributed by atoms with Crippen LogP contribution in [0.25, 0.3) is 0 Å². The van der Waals surface area contributed by atoms with Crippen LogP contribution in [0.15, 0.2) is 0 Å². The molecule has 1 aliphatic rings. The number of carbonyl (C=O) groups excluding carboxylic acids is 1. The van der Waals surface area contributed by atoms with Crippen molar-refractivity contribution in [2.24, 2.45) is 0 Å². The number of rotatable bonds is 6. The fourth-order valence-electron chi connectivity index (χ4n) is 2.39. The van der Waals surface area contributed by atoms with Crippen LogP contribution in [0.4, 0.5) is 4.79 Å². The van der Waals surface area contributed by atoms with Crippen molar-refractivity contribution in [2.45, 2.75) is 65.1 Å². The van der Waals surface area contributed by atoms with Crippen LogP contribution < -0.4 is 5.32 Å². The first-order chi connectivity index (χ1) is 9.70. The molecular weight excluding hydrogens is 266 g/mol. The van der Waals surface area contributed by atoms with E-state index in [1.54, 1.807) is 0 Å². The van der Waals surface area contributed by atoms with Crippen LogP contribution in [0.2, 0.25) is 0 Å². The minimum absolute atomic E-state index is 0.175. The van der Waals surface area contributed by atoms with Gasteiger partial charge in [0.2, 0.25) is 0 Å². The Labute approximate surface area is 130 Å². The van der Waals surface area contributed by atoms with Crippen molar-refractivity contribution in [1.29, 1.82) is 0 Å². The molecule has 124 valence electrons. The van der Waals surface area contributed by atoms with Crippen molar-refractivity contribution < 1.29 is 9.53 Å². The third-order valence-corrected chi connectivity index (χ3v) is 3.91. The molecule has 1 atom stereocenters. The van der Waals surface area contributed by atoms with Gasteiger partial charge in [0, 0.05) is 38.3 Å². The lowest BCUT2D eigenvalue weighted by atomic mass is 10.2. The molecule has 1 amide bonds. The van der Waals surface area contributed by atoms with Gasteiger partial charge in [-0.1, -0.05) is 0 Å². The van der Waals surface area contributed by atoms with Crippen molar-refractivity contribution >= 4 is 6.09 Å². The zero-order valence-corrected chi connectivity index (χ0v) is 14.6. The topological polar surface area (TPSA) is 44.8 Å². The molecule has 1 rings (SSSR count). The van der Waals surface area contributed by atoms with Crippen molar-refractivity contribution in [2.75, 3.05) is 33.2 Å². The highest BCUT2D eigenvalue weighted by atomic mass is 16.6. The Morgan fingerprint density at radius 3 is 2.67 bits per heavy atom. The molecule has 0 saturated carbocycles. The monoisotopic (exact) mass is 299 g/mol. The molecule has 1 N–H and O–H groups in total. The summed E-state index contributed by atoms with van der Waals surface area (Å²) in [7, 11) is 2.13. The Balaban J connectivity index is 2.32. The highest BCUT2D eigenvalue weighted by molar-refractivity contribution is 5.69. The van der Waals surface area contributed by atoms with Gasteiger partial charge in [0.15, 0.2) is 0 Å². The largest absolute Gasteiger partial charge is 0.444 e. The smallest absolute Gasteiger partial charge is 0.410 e. The van der Waals surface area contributed by atoms with E-state index in [0.717, 1.165) is 39.0 Å². The van der Waals surface area contributed by atoms with Crippen molar-refractivity contribution in [3.8, 4) is 0 Å². The van der Waals surface area contributed by atoms with E-state index in [2.05, 4.69) is 31.1 Å². The van der Waals surface area contributed by atoms with Gasteiger partial charge in [-0.3, -0.25) is 0 Å². The molecule has 1 fully saturated rings. The second-order valence-electron chi connectivity index (χ2n) is 7.25. The van der Waals surface area contributed by atoms with Gasteiger partial charge in [-0.05, 0) is 54.5 Å². The number of amides is 1. The lowest BCUT2D eigenvalue weighted by molar-refractivity contribution is 0.0226. The molecule has 0 aliphatic carbocycles. The molecule has 0 bridgehead atoms. The molecule has 1 heterocycles. The molecule has 21 heavy (non-hydrogen) atoms. The summed E-state index contributed by atoms with van der Waals surface area (Å²) in [5, 5.41) is 3.47. The lowest BCUT2D eigenvalue weighted by Crippen LogP contribution is -2.45. The maximum absolute atomic E-state index is 12.2. The normalized spacial score (nSPS) is 19.6. The molecule has 0 aromatic carbocycles. The number of likely N-dealkylation sites (tertiary alicyclic amines) is 1. The van der Waals surface area contributed by atoms with Crippen LogP contribution in [0.3, 0.4) is 0 Å². The van der Waals surface area contributed by atoms with Crippen LogP contribution in [0, 0.1) is 0 Å². The lowest BCUT2D eigenvalue weighted by Gasteiger charge is -2.29. The first-order valence-electron chi connectivity index (χ1n) is 8.11. The average molecular weight is 299 g/mol. The summed E-state index contributed by atoms with van der Waals surface area (Å²) in [5.41, 5.74) is -0.419. The molecule has 0 radical (unpaired) electrons. The van der Waals surface area contributed by atoms with Crippen molar-refractivity contribution in [3.63, 3.8) is 0 Å². The summed E-state index contributed by atoms with van der Waals surface area (Å²) in [5.74, 6) is 0. The van der Waals surface area contributed by atoms with E-state index in [0.29, 0.717) is 6.04 Å². The van der Waals surface area contributed by atoms with Gasteiger partial charge in [0.1, 0.15) is 5.60 Å². The van der Waals surface area contributed by atoms with Gasteiger partial charge >= 0.3 is 6.09 Å². The van der Waals surface area contributed by atoms with Gasteiger partial charge < -0.3 is 19.9 Å². The van der Waals surface area contributed by atoms with E-state index in [4.69, 9.17) is 4.74 Å². The summed E-state index contributed by atoms with van der Waals surface area (Å²) in [6.07, 6.45) is 1.95. The van der Waals surface area contributed by atoms with E-state index in [1.165, 1.54) is 0 Å². The van der Waals surface area contributed by atoms with Crippen molar-refractivity contribution in [1.82, 2.24) is 15.1 Å². The Bertz CT molecular complexity index is 326. The van der Waals surface area contributed by atoms with Crippen LogP contribution in [0.5, 0.6) is 0 Å². The molecule has 0 aromatic rings. The maximum Gasteiger partial charge on any atom is 0.410 e. The summed E-state index contributed by atoms with van der Waals surface area (Å²) in [4.78, 5) is 16.4. The number of likely N-dealkylation sites (N-methyl/N-ethyl adjacent to an activating group) is 1. The summed E-state index contributed by atoms with van der Waals surface area (Å²) >= 11 is 0. The number of carbonyl (C=O) groups is 1. The quantitative estimate of drug-likeness (QED) is 0.765. The van der Waals surface area contributed by atoms with Crippen LogP contribution in [-0.4, -0.2) is 66.8 Å². The number of hydrogen-bond acceptors (Lipinski definition) is 4. The second-order valence-corrected chi connectivity index (χ2v) is 7.25. The first-order valence-corrected chi connectivity index (χ1v) is 8.11. The Hall–Kier alpha value is -0.810. The first kappa shape index (κ1) is 18.2. The Kier molecular flexibility index (Phi) is 6.94. The van der Waals surface area contributed by atoms with Gasteiger partial charge in [0.05, 0.1) is 0 Å². The van der Waals surface area contributed by atoms with Crippen LogP contribution in [0.1, 0.15) is 47.5 Å². The standard InChI is InChI=1S/C16H33N3O2/c1-13(2)18(6)11-9-17-12-14-8-7-10-19(14)15(20)21-16(3,4)5/h13-14,17H,7-12H2,1-6H3. The molecule has 1 unspecified atom stereocenters. The van der Waals surface area contributed by atoms with E-state index in [9.17, 15) is 4.79 Å². The van der Waals surface area contributed by atoms with Crippen LogP contribution >= 0.6 is 0 Å². The zero-order chi connectivity index (χ0) is 16.0. The van der Waals surface area contributed by atoms with Gasteiger partial charge in [-0.2, -0.15) is 0 Å². The molecular formula is C16H33N3O2. The van der Waals surface area contributed by atoms with E-state index >= 15 is 0 Å². The summed E-state index contributed by atoms with van der Waals surface area (Å²) < 4.78 is 5.48. The minimum atomic E-state index is -0.419. The molecule has 0 spiro atoms. The molecule has 0 aromatic heterocycles. The highest BCUT2D eigenvalue weighted by Crippen LogP contribution is 2.20. The predicted octanol–water partition coefficient (Wildman–Crippen LogP) is 2.32. The second kappa shape index (κ2) is 7.99. The summed E-state index contributed by atoms with van der Waals surface area (Å²) in [6.45, 7) is 13.8. The van der Waals surface area contributed by atoms with E-state index < -0.39 is 5.60 Å². The van der Waals surface area contributed by atoms with E-state index in [1.807, 2.05) is 25.7 Å². The third-order valence-electron chi connectivity index (χ3n) is 3.91. The predicted molar refractivity (Wildman–Crippen MR) is 86.6 cm³/mol. The Morgan fingerprint density at radius 1 is 1.43 bits per heavy atom. The number of hydrogen-bond donors (Lipinski definition) is 1. The summed E-state index contributed by atoms with van der Waals surface area (Å²) in [6, 6.07) is 0.834. The van der Waals surface area contributed by atoms with Gasteiger partial charge in [-0.25, -0.2) is 4.79 Å². The van der Waals surface area contributed by atoms with E-state index in [-0.39, 0.29) is 12.1 Å². The molecule has 1 saturated heterocycles. The van der Waals surface area contributed by atoms with Crippen LogP contribution in [-0.2, 0) is 4.74 Å².